The maximum absolute atomic E-state index is 6.11. The van der Waals surface area contributed by atoms with Crippen LogP contribution in [-0.4, -0.2) is 25.4 Å². The smallest absolute Gasteiger partial charge is 0.187 e. The molecular weight excluding hydrogens is 342 g/mol. The zero-order valence-corrected chi connectivity index (χ0v) is 15.0. The van der Waals surface area contributed by atoms with Crippen LogP contribution >= 0.6 is 22.9 Å². The largest absolute Gasteiger partial charge is 0.382 e. The molecule has 0 amide bonds. The fourth-order valence-corrected chi connectivity index (χ4v) is 3.16. The molecule has 3 heterocycles. The van der Waals surface area contributed by atoms with Crippen LogP contribution in [0.3, 0.4) is 0 Å². The number of nitrogen functional groups attached to an aromatic ring is 1. The van der Waals surface area contributed by atoms with Crippen LogP contribution in [0.5, 0.6) is 0 Å². The molecule has 2 N–H and O–H groups in total. The van der Waals surface area contributed by atoms with Crippen molar-refractivity contribution in [1.82, 2.24) is 19.5 Å². The molecule has 5 nitrogen and oxygen atoms in total. The van der Waals surface area contributed by atoms with Gasteiger partial charge >= 0.3 is 0 Å². The zero-order valence-electron chi connectivity index (χ0n) is 13.4. The van der Waals surface area contributed by atoms with Crippen molar-refractivity contribution in [3.8, 4) is 22.5 Å². The van der Waals surface area contributed by atoms with Gasteiger partial charge in [-0.3, -0.25) is 0 Å². The molecule has 7 heteroatoms. The third-order valence-electron chi connectivity index (χ3n) is 3.53. The van der Waals surface area contributed by atoms with Gasteiger partial charge in [0.05, 0.1) is 4.88 Å². The number of rotatable bonds is 5. The summed E-state index contributed by atoms with van der Waals surface area (Å²) in [6, 6.07) is 3.93. The van der Waals surface area contributed by atoms with Crippen LogP contribution in [0.4, 0.5) is 5.82 Å². The van der Waals surface area contributed by atoms with Crippen molar-refractivity contribution < 1.29 is 0 Å². The molecule has 0 aliphatic heterocycles. The van der Waals surface area contributed by atoms with E-state index in [0.29, 0.717) is 41.1 Å². The number of hydrogen-bond donors (Lipinski definition) is 1. The normalized spacial score (nSPS) is 10.8. The average molecular weight is 360 g/mol. The number of nitrogens with two attached hydrogens (primary N) is 1. The first-order chi connectivity index (χ1) is 11.7. The van der Waals surface area contributed by atoms with Crippen molar-refractivity contribution in [1.29, 1.82) is 0 Å². The molecule has 0 aromatic carbocycles. The van der Waals surface area contributed by atoms with Crippen molar-refractivity contribution in [2.45, 2.75) is 32.7 Å². The predicted molar refractivity (Wildman–Crippen MR) is 100 cm³/mol. The summed E-state index contributed by atoms with van der Waals surface area (Å²) >= 11 is 7.53. The minimum Gasteiger partial charge on any atom is -0.382 e. The topological polar surface area (TPSA) is 69.6 Å². The van der Waals surface area contributed by atoms with Gasteiger partial charge in [-0.05, 0) is 23.8 Å². The first-order valence-corrected chi connectivity index (χ1v) is 9.28. The number of unbranched alkanes of at least 4 members (excludes halogenated alkanes) is 2. The highest BCUT2D eigenvalue weighted by molar-refractivity contribution is 7.13. The van der Waals surface area contributed by atoms with E-state index in [0.717, 1.165) is 24.1 Å². The molecule has 3 aromatic heterocycles. The maximum atomic E-state index is 6.11. The van der Waals surface area contributed by atoms with Gasteiger partial charge < -0.3 is 10.3 Å². The maximum Gasteiger partial charge on any atom is 0.187 e. The van der Waals surface area contributed by atoms with Crippen LogP contribution in [0.2, 0.25) is 0 Å². The van der Waals surface area contributed by atoms with E-state index in [2.05, 4.69) is 33.7 Å². The summed E-state index contributed by atoms with van der Waals surface area (Å²) in [5.74, 6) is 8.36. The second-order valence-electron chi connectivity index (χ2n) is 5.26. The van der Waals surface area contributed by atoms with Crippen LogP contribution < -0.4 is 5.73 Å². The van der Waals surface area contributed by atoms with Gasteiger partial charge in [-0.25, -0.2) is 15.0 Å². The Labute approximate surface area is 149 Å². The minimum absolute atomic E-state index is 0.369. The molecule has 0 saturated carbocycles. The number of thiophene rings is 1. The number of aryl methyl sites for hydroxylation is 1. The molecule has 0 aliphatic rings. The number of anilines is 1. The van der Waals surface area contributed by atoms with Crippen molar-refractivity contribution >= 4 is 39.9 Å². The Hall–Kier alpha value is -2.10. The lowest BCUT2D eigenvalue weighted by atomic mass is 10.2. The second-order valence-corrected chi connectivity index (χ2v) is 6.59. The number of aromatic nitrogens is 4. The van der Waals surface area contributed by atoms with Crippen LogP contribution in [-0.2, 0) is 6.54 Å². The number of halogens is 1. The Morgan fingerprint density at radius 3 is 2.92 bits per heavy atom. The van der Waals surface area contributed by atoms with Crippen LogP contribution in [0.15, 0.2) is 17.5 Å². The summed E-state index contributed by atoms with van der Waals surface area (Å²) in [6.07, 6.45) is 3.05. The number of alkyl halides is 1. The molecule has 0 unspecified atom stereocenters. The summed E-state index contributed by atoms with van der Waals surface area (Å²) in [5.41, 5.74) is 7.38. The molecule has 0 spiro atoms. The Kier molecular flexibility index (Phi) is 5.34. The van der Waals surface area contributed by atoms with Crippen molar-refractivity contribution in [2.75, 3.05) is 11.6 Å². The molecule has 0 aliphatic carbocycles. The van der Waals surface area contributed by atoms with E-state index in [1.54, 1.807) is 11.3 Å². The molecular formula is C17H18ClN5S. The minimum atomic E-state index is 0.369. The quantitative estimate of drug-likeness (QED) is 0.426. The van der Waals surface area contributed by atoms with Gasteiger partial charge in [0.15, 0.2) is 28.6 Å². The SMILES string of the molecule is CCCCC#Cc1nc2c(N)nc(-c3cccs3)nc2n1CCCl. The molecule has 3 aromatic rings. The van der Waals surface area contributed by atoms with Crippen molar-refractivity contribution in [3.05, 3.63) is 23.3 Å². The van der Waals surface area contributed by atoms with Gasteiger partial charge in [-0.2, -0.15) is 0 Å². The predicted octanol–water partition coefficient (Wildman–Crippen LogP) is 3.92. The number of fused-ring (bicyclic) bond motifs is 1. The molecule has 0 radical (unpaired) electrons. The molecule has 0 fully saturated rings. The first kappa shape index (κ1) is 16.7. The molecule has 0 bridgehead atoms. The van der Waals surface area contributed by atoms with Crippen molar-refractivity contribution in [3.63, 3.8) is 0 Å². The van der Waals surface area contributed by atoms with E-state index < -0.39 is 0 Å². The standard InChI is InChI=1S/C17H18ClN5S/c1-2-3-4-5-8-13-20-14-15(19)21-16(12-7-6-11-24-12)22-17(14)23(13)10-9-18/h6-7,11H,2-4,9-10H2,1H3,(H2,19,21,22). The zero-order chi connectivity index (χ0) is 16.9. The van der Waals surface area contributed by atoms with Crippen LogP contribution in [0.25, 0.3) is 21.9 Å². The van der Waals surface area contributed by atoms with Gasteiger partial charge in [0.2, 0.25) is 0 Å². The van der Waals surface area contributed by atoms with Gasteiger partial charge in [-0.1, -0.05) is 25.3 Å². The third-order valence-corrected chi connectivity index (χ3v) is 4.56. The monoisotopic (exact) mass is 359 g/mol. The summed E-state index contributed by atoms with van der Waals surface area (Å²) < 4.78 is 1.93. The molecule has 3 rings (SSSR count). The molecule has 24 heavy (non-hydrogen) atoms. The second kappa shape index (κ2) is 7.65. The van der Waals surface area contributed by atoms with E-state index >= 15 is 0 Å². The summed E-state index contributed by atoms with van der Waals surface area (Å²) in [7, 11) is 0. The lowest BCUT2D eigenvalue weighted by Gasteiger charge is -2.04. The first-order valence-electron chi connectivity index (χ1n) is 7.87. The summed E-state index contributed by atoms with van der Waals surface area (Å²) in [5, 5.41) is 1.99. The fourth-order valence-electron chi connectivity index (χ4n) is 2.34. The van der Waals surface area contributed by atoms with E-state index in [-0.39, 0.29) is 0 Å². The number of imidazole rings is 1. The lowest BCUT2D eigenvalue weighted by molar-refractivity contribution is 0.770. The highest BCUT2D eigenvalue weighted by Gasteiger charge is 2.16. The van der Waals surface area contributed by atoms with E-state index in [1.165, 1.54) is 0 Å². The Morgan fingerprint density at radius 1 is 1.33 bits per heavy atom. The highest BCUT2D eigenvalue weighted by atomic mass is 35.5. The highest BCUT2D eigenvalue weighted by Crippen LogP contribution is 2.26. The Balaban J connectivity index is 2.11. The van der Waals surface area contributed by atoms with Crippen LogP contribution in [0.1, 0.15) is 32.0 Å². The molecule has 0 saturated heterocycles. The molecule has 124 valence electrons. The number of hydrogen-bond acceptors (Lipinski definition) is 5. The van der Waals surface area contributed by atoms with E-state index in [1.807, 2.05) is 22.1 Å². The van der Waals surface area contributed by atoms with Gasteiger partial charge in [0.1, 0.15) is 0 Å². The summed E-state index contributed by atoms with van der Waals surface area (Å²) in [4.78, 5) is 14.5. The van der Waals surface area contributed by atoms with Gasteiger partial charge in [0.25, 0.3) is 0 Å². The molecule has 0 atom stereocenters. The van der Waals surface area contributed by atoms with Gasteiger partial charge in [0, 0.05) is 18.8 Å². The Morgan fingerprint density at radius 2 is 2.21 bits per heavy atom. The average Bonchev–Trinajstić information content (AvgIpc) is 3.21. The Bertz CT molecular complexity index is 889. The van der Waals surface area contributed by atoms with Gasteiger partial charge in [-0.15, -0.1) is 22.9 Å². The van der Waals surface area contributed by atoms with Crippen molar-refractivity contribution in [2.24, 2.45) is 0 Å². The van der Waals surface area contributed by atoms with Crippen LogP contribution in [0, 0.1) is 11.8 Å². The van der Waals surface area contributed by atoms with E-state index in [4.69, 9.17) is 17.3 Å². The number of nitrogens with zero attached hydrogens (tertiary/aromatic N) is 4. The lowest BCUT2D eigenvalue weighted by Crippen LogP contribution is -2.04. The summed E-state index contributed by atoms with van der Waals surface area (Å²) in [6.45, 7) is 2.73. The fraction of sp³-hybridized carbons (Fsp3) is 0.353. The third kappa shape index (κ3) is 3.37. The van der Waals surface area contributed by atoms with E-state index in [9.17, 15) is 0 Å².